The number of benzene rings is 2. The lowest BCUT2D eigenvalue weighted by Gasteiger charge is -2.09. The Bertz CT molecular complexity index is 602. The fraction of sp³-hybridized carbons (Fsp3) is 0.0714. The normalized spacial score (nSPS) is 10.1. The third-order valence-electron chi connectivity index (χ3n) is 2.44. The van der Waals surface area contributed by atoms with E-state index in [1.807, 2.05) is 19.1 Å². The molecular weight excluding hydrogens is 330 g/mol. The maximum absolute atomic E-state index is 11.7. The molecule has 0 unspecified atom stereocenters. The summed E-state index contributed by atoms with van der Waals surface area (Å²) in [5, 5.41) is 3.22. The molecule has 0 aliphatic rings. The van der Waals surface area contributed by atoms with Crippen LogP contribution in [0.2, 0.25) is 5.02 Å². The number of halogens is 2. The number of para-hydroxylation sites is 1. The highest BCUT2D eigenvalue weighted by molar-refractivity contribution is 9.10. The second-order valence-electron chi connectivity index (χ2n) is 3.91. The van der Waals surface area contributed by atoms with Crippen molar-refractivity contribution in [3.05, 3.63) is 57.5 Å². The molecule has 0 saturated carbocycles. The smallest absolute Gasteiger partial charge is 0.410 e. The number of nitrogens with one attached hydrogen (secondary N) is 1. The Hall–Kier alpha value is -1.52. The molecule has 0 fully saturated rings. The number of amides is 1. The van der Waals surface area contributed by atoms with Crippen LogP contribution in [-0.2, 0) is 0 Å². The van der Waals surface area contributed by atoms with Gasteiger partial charge in [0, 0.05) is 9.50 Å². The lowest BCUT2D eigenvalue weighted by Crippen LogP contribution is -2.17. The first-order valence-corrected chi connectivity index (χ1v) is 6.73. The van der Waals surface area contributed by atoms with E-state index in [0.717, 1.165) is 10.0 Å². The van der Waals surface area contributed by atoms with E-state index in [1.54, 1.807) is 30.3 Å². The quantitative estimate of drug-likeness (QED) is 0.833. The molecule has 0 atom stereocenters. The summed E-state index contributed by atoms with van der Waals surface area (Å²) < 4.78 is 5.88. The lowest BCUT2D eigenvalue weighted by molar-refractivity contribution is 0.215. The summed E-state index contributed by atoms with van der Waals surface area (Å²) in [5.74, 6) is 0.481. The zero-order chi connectivity index (χ0) is 13.8. The molecule has 19 heavy (non-hydrogen) atoms. The Morgan fingerprint density at radius 3 is 2.63 bits per heavy atom. The molecule has 0 aliphatic carbocycles. The Kier molecular flexibility index (Phi) is 4.45. The first-order valence-electron chi connectivity index (χ1n) is 5.56. The first kappa shape index (κ1) is 13.9. The number of hydrogen-bond donors (Lipinski definition) is 1. The molecule has 0 aliphatic heterocycles. The van der Waals surface area contributed by atoms with E-state index in [9.17, 15) is 4.79 Å². The number of aryl methyl sites for hydroxylation is 1. The SMILES string of the molecule is Cc1cc(Br)c(NC(=O)Oc2ccccc2)cc1Cl. The molecule has 98 valence electrons. The highest BCUT2D eigenvalue weighted by atomic mass is 79.9. The molecule has 5 heteroatoms. The summed E-state index contributed by atoms with van der Waals surface area (Å²) in [6.45, 7) is 1.89. The van der Waals surface area contributed by atoms with Crippen molar-refractivity contribution in [3.8, 4) is 5.75 Å². The van der Waals surface area contributed by atoms with E-state index in [-0.39, 0.29) is 0 Å². The number of hydrogen-bond acceptors (Lipinski definition) is 2. The fourth-order valence-electron chi connectivity index (χ4n) is 1.47. The van der Waals surface area contributed by atoms with E-state index in [1.165, 1.54) is 0 Å². The van der Waals surface area contributed by atoms with Crippen LogP contribution in [-0.4, -0.2) is 6.09 Å². The number of carbonyl (C=O) groups excluding carboxylic acids is 1. The molecular formula is C14H11BrClNO2. The number of carbonyl (C=O) groups is 1. The van der Waals surface area contributed by atoms with Crippen LogP contribution < -0.4 is 10.1 Å². The fourth-order valence-corrected chi connectivity index (χ4v) is 2.19. The number of anilines is 1. The van der Waals surface area contributed by atoms with Crippen molar-refractivity contribution in [3.63, 3.8) is 0 Å². The minimum absolute atomic E-state index is 0.481. The number of ether oxygens (including phenoxy) is 1. The molecule has 2 aromatic carbocycles. The molecule has 0 bridgehead atoms. The van der Waals surface area contributed by atoms with Crippen LogP contribution in [0.25, 0.3) is 0 Å². The van der Waals surface area contributed by atoms with Gasteiger partial charge in [-0.25, -0.2) is 4.79 Å². The van der Waals surface area contributed by atoms with E-state index >= 15 is 0 Å². The Morgan fingerprint density at radius 1 is 1.26 bits per heavy atom. The predicted molar refractivity (Wildman–Crippen MR) is 80.0 cm³/mol. The summed E-state index contributed by atoms with van der Waals surface area (Å²) in [5.41, 5.74) is 1.49. The average Bonchev–Trinajstić information content (AvgIpc) is 2.37. The van der Waals surface area contributed by atoms with Crippen LogP contribution >= 0.6 is 27.5 Å². The average molecular weight is 341 g/mol. The largest absolute Gasteiger partial charge is 0.417 e. The van der Waals surface area contributed by atoms with Crippen LogP contribution in [0.4, 0.5) is 10.5 Å². The minimum Gasteiger partial charge on any atom is -0.410 e. The van der Waals surface area contributed by atoms with Crippen LogP contribution in [0.15, 0.2) is 46.9 Å². The van der Waals surface area contributed by atoms with Crippen molar-refractivity contribution in [2.45, 2.75) is 6.92 Å². The highest BCUT2D eigenvalue weighted by Gasteiger charge is 2.09. The van der Waals surface area contributed by atoms with Crippen molar-refractivity contribution in [1.29, 1.82) is 0 Å². The van der Waals surface area contributed by atoms with Crippen molar-refractivity contribution in [2.75, 3.05) is 5.32 Å². The van der Waals surface area contributed by atoms with Gasteiger partial charge in [0.2, 0.25) is 0 Å². The van der Waals surface area contributed by atoms with E-state index < -0.39 is 6.09 Å². The topological polar surface area (TPSA) is 38.3 Å². The molecule has 0 heterocycles. The van der Waals surface area contributed by atoms with Gasteiger partial charge in [0.25, 0.3) is 0 Å². The molecule has 1 N–H and O–H groups in total. The van der Waals surface area contributed by atoms with Crippen LogP contribution in [0.1, 0.15) is 5.56 Å². The monoisotopic (exact) mass is 339 g/mol. The minimum atomic E-state index is -0.563. The Balaban J connectivity index is 2.09. The van der Waals surface area contributed by atoms with Gasteiger partial charge in [0.15, 0.2) is 0 Å². The van der Waals surface area contributed by atoms with E-state index in [2.05, 4.69) is 21.2 Å². The molecule has 2 aromatic rings. The molecule has 0 aromatic heterocycles. The maximum atomic E-state index is 11.7. The second-order valence-corrected chi connectivity index (χ2v) is 5.17. The summed E-state index contributed by atoms with van der Waals surface area (Å²) in [6, 6.07) is 12.4. The van der Waals surface area contributed by atoms with Gasteiger partial charge >= 0.3 is 6.09 Å². The second kappa shape index (κ2) is 6.08. The maximum Gasteiger partial charge on any atom is 0.417 e. The van der Waals surface area contributed by atoms with Crippen molar-refractivity contribution < 1.29 is 9.53 Å². The van der Waals surface area contributed by atoms with Crippen LogP contribution in [0, 0.1) is 6.92 Å². The van der Waals surface area contributed by atoms with Crippen molar-refractivity contribution in [1.82, 2.24) is 0 Å². The van der Waals surface area contributed by atoms with Gasteiger partial charge in [-0.1, -0.05) is 29.8 Å². The highest BCUT2D eigenvalue weighted by Crippen LogP contribution is 2.29. The summed E-state index contributed by atoms with van der Waals surface area (Å²) >= 11 is 9.38. The van der Waals surface area contributed by atoms with Gasteiger partial charge in [-0.05, 0) is 52.7 Å². The molecule has 0 saturated heterocycles. The summed E-state index contributed by atoms with van der Waals surface area (Å²) in [7, 11) is 0. The van der Waals surface area contributed by atoms with Gasteiger partial charge in [0.1, 0.15) is 5.75 Å². The van der Waals surface area contributed by atoms with Gasteiger partial charge in [-0.15, -0.1) is 0 Å². The third-order valence-corrected chi connectivity index (χ3v) is 3.50. The molecule has 3 nitrogen and oxygen atoms in total. The number of rotatable bonds is 2. The van der Waals surface area contributed by atoms with Crippen molar-refractivity contribution >= 4 is 39.3 Å². The molecule has 1 amide bonds. The zero-order valence-electron chi connectivity index (χ0n) is 10.1. The molecule has 0 radical (unpaired) electrons. The van der Waals surface area contributed by atoms with Gasteiger partial charge in [-0.3, -0.25) is 5.32 Å². The first-order chi connectivity index (χ1) is 9.06. The van der Waals surface area contributed by atoms with Crippen LogP contribution in [0.3, 0.4) is 0 Å². The summed E-state index contributed by atoms with van der Waals surface area (Å²) in [6.07, 6.45) is -0.563. The third kappa shape index (κ3) is 3.72. The zero-order valence-corrected chi connectivity index (χ0v) is 12.5. The predicted octanol–water partition coefficient (Wildman–Crippen LogP) is 5.02. The standard InChI is InChI=1S/C14H11BrClNO2/c1-9-7-11(15)13(8-12(9)16)17-14(18)19-10-5-3-2-4-6-10/h2-8H,1H3,(H,17,18). The summed E-state index contributed by atoms with van der Waals surface area (Å²) in [4.78, 5) is 11.7. The lowest BCUT2D eigenvalue weighted by atomic mass is 10.2. The molecule has 0 spiro atoms. The van der Waals surface area contributed by atoms with Crippen LogP contribution in [0.5, 0.6) is 5.75 Å². The van der Waals surface area contributed by atoms with E-state index in [0.29, 0.717) is 16.5 Å². The van der Waals surface area contributed by atoms with Gasteiger partial charge in [-0.2, -0.15) is 0 Å². The van der Waals surface area contributed by atoms with Gasteiger partial charge in [0.05, 0.1) is 5.69 Å². The van der Waals surface area contributed by atoms with Crippen molar-refractivity contribution in [2.24, 2.45) is 0 Å². The Morgan fingerprint density at radius 2 is 1.95 bits per heavy atom. The molecule has 2 rings (SSSR count). The van der Waals surface area contributed by atoms with E-state index in [4.69, 9.17) is 16.3 Å². The van der Waals surface area contributed by atoms with Gasteiger partial charge < -0.3 is 4.74 Å². The Labute approximate surface area is 124 Å².